The number of hydrogen-bond acceptors (Lipinski definition) is 4. The molecule has 234 valence electrons. The van der Waals surface area contributed by atoms with Gasteiger partial charge in [0.1, 0.15) is 17.3 Å². The lowest BCUT2D eigenvalue weighted by Crippen LogP contribution is -2.23. The van der Waals surface area contributed by atoms with Gasteiger partial charge in [-0.2, -0.15) is 0 Å². The molecule has 0 bridgehead atoms. The van der Waals surface area contributed by atoms with Crippen LogP contribution in [0.4, 0.5) is 17.1 Å². The maximum Gasteiger partial charge on any atom is 0.137 e. The molecule has 4 heterocycles. The predicted molar refractivity (Wildman–Crippen MR) is 201 cm³/mol. The minimum Gasteiger partial charge on any atom is -0.457 e. The molecular weight excluding hydrogens is 603 g/mol. The molecule has 6 aromatic carbocycles. The topological polar surface area (TPSA) is 38.5 Å². The van der Waals surface area contributed by atoms with Gasteiger partial charge >= 0.3 is 0 Å². The predicted octanol–water partition coefficient (Wildman–Crippen LogP) is 10.6. The molecule has 1 aliphatic rings. The first-order valence-electron chi connectivity index (χ1n) is 16.6. The molecule has 0 N–H and O–H groups in total. The van der Waals surface area contributed by atoms with Gasteiger partial charge in [0.15, 0.2) is 0 Å². The first kappa shape index (κ1) is 27.6. The van der Waals surface area contributed by atoms with Crippen LogP contribution in [-0.4, -0.2) is 27.8 Å². The molecule has 6 heteroatoms. The SMILES string of the molecule is CN1CN(c2cccc(Oc3ccc4c5c6c7ccccc7n(-c7ccccc7)c6ccc5n(-c5ccccn5)c4c3)c2)c2ccccc21. The quantitative estimate of drug-likeness (QED) is 0.189. The van der Waals surface area contributed by atoms with E-state index in [1.807, 2.05) is 24.4 Å². The van der Waals surface area contributed by atoms with Crippen molar-refractivity contribution >= 4 is 60.7 Å². The van der Waals surface area contributed by atoms with Gasteiger partial charge in [-0.1, -0.05) is 60.7 Å². The zero-order chi connectivity index (χ0) is 32.5. The van der Waals surface area contributed by atoms with Crippen LogP contribution in [0, 0.1) is 0 Å². The molecule has 0 saturated carbocycles. The lowest BCUT2D eigenvalue weighted by molar-refractivity contribution is 0.483. The van der Waals surface area contributed by atoms with Gasteiger partial charge in [-0.25, -0.2) is 4.98 Å². The number of para-hydroxylation sites is 4. The Kier molecular flexibility index (Phi) is 6.05. The second-order valence-electron chi connectivity index (χ2n) is 12.6. The molecule has 9 aromatic rings. The summed E-state index contributed by atoms with van der Waals surface area (Å²) in [6.07, 6.45) is 1.85. The lowest BCUT2D eigenvalue weighted by atomic mass is 10.1. The first-order valence-corrected chi connectivity index (χ1v) is 16.6. The fourth-order valence-corrected chi connectivity index (χ4v) is 7.65. The second kappa shape index (κ2) is 10.8. The van der Waals surface area contributed by atoms with Crippen molar-refractivity contribution < 1.29 is 4.74 Å². The third-order valence-electron chi connectivity index (χ3n) is 9.73. The van der Waals surface area contributed by atoms with Gasteiger partial charge < -0.3 is 19.1 Å². The molecule has 1 aliphatic heterocycles. The number of fused-ring (bicyclic) bond motifs is 8. The van der Waals surface area contributed by atoms with E-state index >= 15 is 0 Å². The minimum absolute atomic E-state index is 0.770. The number of rotatable bonds is 5. The van der Waals surface area contributed by atoms with Gasteiger partial charge in [0.2, 0.25) is 0 Å². The van der Waals surface area contributed by atoms with Gasteiger partial charge in [0.05, 0.1) is 40.1 Å². The third-order valence-corrected chi connectivity index (χ3v) is 9.73. The third kappa shape index (κ3) is 4.24. The fraction of sp³-hybridized carbons (Fsp3) is 0.0465. The van der Waals surface area contributed by atoms with E-state index < -0.39 is 0 Å². The van der Waals surface area contributed by atoms with Crippen LogP contribution in [0.5, 0.6) is 11.5 Å². The largest absolute Gasteiger partial charge is 0.457 e. The van der Waals surface area contributed by atoms with E-state index in [-0.39, 0.29) is 0 Å². The summed E-state index contributed by atoms with van der Waals surface area (Å²) < 4.78 is 11.3. The first-order chi connectivity index (χ1) is 24.2. The molecular formula is C43H31N5O. The Morgan fingerprint density at radius 2 is 1.20 bits per heavy atom. The van der Waals surface area contributed by atoms with Crippen molar-refractivity contribution in [3.8, 4) is 23.0 Å². The smallest absolute Gasteiger partial charge is 0.137 e. The van der Waals surface area contributed by atoms with E-state index in [2.05, 4.69) is 159 Å². The maximum absolute atomic E-state index is 6.63. The molecule has 0 atom stereocenters. The monoisotopic (exact) mass is 633 g/mol. The Morgan fingerprint density at radius 1 is 0.510 bits per heavy atom. The van der Waals surface area contributed by atoms with Gasteiger partial charge in [0, 0.05) is 58.3 Å². The standard InChI is InChI=1S/C43H31N5O/c1-45-28-46(37-19-8-7-18-36(37)45)30-14-11-15-31(26-30)49-32-21-22-34-40(27-32)48(41-20-9-10-25-44-41)39-24-23-38-42(43(34)39)33-16-5-6-17-35(33)47(38)29-12-3-2-4-13-29/h2-27H,28H2,1H3. The zero-order valence-electron chi connectivity index (χ0n) is 26.9. The molecule has 0 spiro atoms. The van der Waals surface area contributed by atoms with Gasteiger partial charge in [-0.05, 0) is 78.9 Å². The van der Waals surface area contributed by atoms with Crippen molar-refractivity contribution in [2.24, 2.45) is 0 Å². The lowest BCUT2D eigenvalue weighted by Gasteiger charge is -2.20. The summed E-state index contributed by atoms with van der Waals surface area (Å²) in [4.78, 5) is 9.40. The Hall–Kier alpha value is -6.53. The van der Waals surface area contributed by atoms with E-state index in [0.29, 0.717) is 0 Å². The molecule has 0 aliphatic carbocycles. The zero-order valence-corrected chi connectivity index (χ0v) is 26.9. The number of nitrogens with zero attached hydrogens (tertiary/aromatic N) is 5. The summed E-state index contributed by atoms with van der Waals surface area (Å²) >= 11 is 0. The van der Waals surface area contributed by atoms with Crippen LogP contribution in [0.2, 0.25) is 0 Å². The van der Waals surface area contributed by atoms with Crippen LogP contribution < -0.4 is 14.5 Å². The number of hydrogen-bond donors (Lipinski definition) is 0. The van der Waals surface area contributed by atoms with Crippen LogP contribution in [0.25, 0.3) is 55.1 Å². The summed E-state index contributed by atoms with van der Waals surface area (Å²) in [5.41, 5.74) is 9.16. The highest BCUT2D eigenvalue weighted by atomic mass is 16.5. The van der Waals surface area contributed by atoms with Crippen LogP contribution in [0.1, 0.15) is 0 Å². The summed E-state index contributed by atoms with van der Waals surface area (Å²) in [7, 11) is 2.13. The van der Waals surface area contributed by atoms with E-state index in [9.17, 15) is 0 Å². The fourth-order valence-electron chi connectivity index (χ4n) is 7.65. The van der Waals surface area contributed by atoms with Gasteiger partial charge in [-0.3, -0.25) is 4.57 Å². The average Bonchev–Trinajstić information content (AvgIpc) is 3.79. The molecule has 0 amide bonds. The van der Waals surface area contributed by atoms with Crippen LogP contribution >= 0.6 is 0 Å². The molecule has 0 saturated heterocycles. The van der Waals surface area contributed by atoms with Gasteiger partial charge in [0.25, 0.3) is 0 Å². The van der Waals surface area contributed by atoms with Crippen molar-refractivity contribution in [2.75, 3.05) is 23.5 Å². The highest BCUT2D eigenvalue weighted by molar-refractivity contribution is 6.29. The summed E-state index contributed by atoms with van der Waals surface area (Å²) in [5.74, 6) is 2.42. The normalized spacial score (nSPS) is 12.8. The number of ether oxygens (including phenoxy) is 1. The Bertz CT molecular complexity index is 2690. The number of benzene rings is 6. The van der Waals surface area contributed by atoms with Crippen LogP contribution in [0.15, 0.2) is 158 Å². The second-order valence-corrected chi connectivity index (χ2v) is 12.6. The molecule has 3 aromatic heterocycles. The van der Waals surface area contributed by atoms with E-state index in [4.69, 9.17) is 9.72 Å². The van der Waals surface area contributed by atoms with Crippen LogP contribution in [-0.2, 0) is 0 Å². The van der Waals surface area contributed by atoms with Crippen molar-refractivity contribution in [3.63, 3.8) is 0 Å². The number of anilines is 3. The highest BCUT2D eigenvalue weighted by Crippen LogP contribution is 2.44. The Morgan fingerprint density at radius 3 is 2.04 bits per heavy atom. The summed E-state index contributed by atoms with van der Waals surface area (Å²) in [6.45, 7) is 0.786. The average molecular weight is 634 g/mol. The minimum atomic E-state index is 0.770. The molecule has 49 heavy (non-hydrogen) atoms. The summed E-state index contributed by atoms with van der Waals surface area (Å²) in [5, 5.41) is 4.81. The van der Waals surface area contributed by atoms with Crippen molar-refractivity contribution in [1.29, 1.82) is 0 Å². The van der Waals surface area contributed by atoms with Crippen molar-refractivity contribution in [1.82, 2.24) is 14.1 Å². The molecule has 6 nitrogen and oxygen atoms in total. The number of aromatic nitrogens is 3. The van der Waals surface area contributed by atoms with E-state index in [1.54, 1.807) is 0 Å². The summed E-state index contributed by atoms with van der Waals surface area (Å²) in [6, 6.07) is 53.2. The molecule has 10 rings (SSSR count). The Labute approximate surface area is 283 Å². The van der Waals surface area contributed by atoms with Crippen molar-refractivity contribution in [3.05, 3.63) is 158 Å². The van der Waals surface area contributed by atoms with E-state index in [1.165, 1.54) is 38.6 Å². The molecule has 0 fully saturated rings. The maximum atomic E-state index is 6.63. The molecule has 0 unspecified atom stereocenters. The highest BCUT2D eigenvalue weighted by Gasteiger charge is 2.25. The van der Waals surface area contributed by atoms with Crippen molar-refractivity contribution in [2.45, 2.75) is 0 Å². The molecule has 0 radical (unpaired) electrons. The van der Waals surface area contributed by atoms with Crippen LogP contribution in [0.3, 0.4) is 0 Å². The Balaban J connectivity index is 1.16. The van der Waals surface area contributed by atoms with E-state index in [0.717, 1.165) is 51.8 Å². The number of pyridine rings is 1. The van der Waals surface area contributed by atoms with Gasteiger partial charge in [-0.15, -0.1) is 0 Å².